The summed E-state index contributed by atoms with van der Waals surface area (Å²) in [6.07, 6.45) is 0. The Kier molecular flexibility index (Phi) is 9.77. The second kappa shape index (κ2) is 13.5. The Hall–Kier alpha value is -4.00. The summed E-state index contributed by atoms with van der Waals surface area (Å²) >= 11 is 3.76. The second-order valence-electron chi connectivity index (χ2n) is 17.6. The molecule has 0 amide bonds. The van der Waals surface area contributed by atoms with Gasteiger partial charge in [-0.2, -0.15) is 26.3 Å². The average molecular weight is 843 g/mol. The van der Waals surface area contributed by atoms with Crippen LogP contribution in [0.3, 0.4) is 0 Å². The Balaban J connectivity index is 1.63. The molecule has 0 unspecified atom stereocenters. The number of halogens is 6. The van der Waals surface area contributed by atoms with Crippen LogP contribution < -0.4 is 9.47 Å². The Morgan fingerprint density at radius 1 is 0.579 bits per heavy atom. The van der Waals surface area contributed by atoms with E-state index in [9.17, 15) is 0 Å². The van der Waals surface area contributed by atoms with Crippen LogP contribution in [-0.4, -0.2) is 32.0 Å². The van der Waals surface area contributed by atoms with Crippen molar-refractivity contribution in [3.05, 3.63) is 93.2 Å². The number of ether oxygens (including phenoxy) is 2. The van der Waals surface area contributed by atoms with Gasteiger partial charge in [0, 0.05) is 53.9 Å². The molecule has 4 heterocycles. The largest absolute Gasteiger partial charge is 0.493 e. The Morgan fingerprint density at radius 2 is 1.09 bits per heavy atom. The molecule has 0 fully saturated rings. The van der Waals surface area contributed by atoms with Gasteiger partial charge in [-0.3, -0.25) is 0 Å². The number of benzene rings is 2. The van der Waals surface area contributed by atoms with E-state index in [0.717, 1.165) is 28.0 Å². The summed E-state index contributed by atoms with van der Waals surface area (Å²) in [6.45, 7) is 18.1. The van der Waals surface area contributed by atoms with Gasteiger partial charge in [0.05, 0.1) is 19.1 Å². The van der Waals surface area contributed by atoms with Crippen molar-refractivity contribution < 1.29 is 40.2 Å². The summed E-state index contributed by atoms with van der Waals surface area (Å²) in [5.41, 5.74) is -1.78. The van der Waals surface area contributed by atoms with Crippen LogP contribution in [0.4, 0.5) is 26.3 Å². The van der Waals surface area contributed by atoms with E-state index >= 15 is 26.3 Å². The molecular weight excluding hydrogens is 799 g/mol. The lowest BCUT2D eigenvalue weighted by molar-refractivity contribution is -0.254. The smallest absolute Gasteiger partial charge is 0.380 e. The van der Waals surface area contributed by atoms with E-state index in [1.807, 2.05) is 85.2 Å². The Morgan fingerprint density at radius 3 is 1.61 bits per heavy atom. The van der Waals surface area contributed by atoms with E-state index in [1.165, 1.54) is 55.1 Å². The maximum Gasteiger partial charge on any atom is 0.380 e. The number of furan rings is 1. The van der Waals surface area contributed by atoms with E-state index < -0.39 is 34.5 Å². The molecule has 1 aliphatic carbocycles. The van der Waals surface area contributed by atoms with Crippen molar-refractivity contribution in [2.24, 2.45) is 0 Å². The second-order valence-corrected chi connectivity index (χ2v) is 20.4. The SMILES string of the molecule is COc1cc2oc(-c3ccc(C(C)(C)C)cc3)c(C3=C(c4cc(-c5cc(C(C)(C)C)cs5)sc4-c4cc(C(C)(C)C)cs4)C(F)(F)C(F)(F)C3(F)F)c2cc1OC. The van der Waals surface area contributed by atoms with Gasteiger partial charge < -0.3 is 13.9 Å². The molecule has 0 N–H and O–H groups in total. The summed E-state index contributed by atoms with van der Waals surface area (Å²) < 4.78 is 117. The van der Waals surface area contributed by atoms with Crippen LogP contribution in [-0.2, 0) is 16.2 Å². The zero-order chi connectivity index (χ0) is 41.8. The van der Waals surface area contributed by atoms with Crippen LogP contribution >= 0.6 is 34.0 Å². The normalized spacial score (nSPS) is 16.9. The van der Waals surface area contributed by atoms with Crippen LogP contribution in [0.5, 0.6) is 11.5 Å². The van der Waals surface area contributed by atoms with E-state index in [2.05, 4.69) is 0 Å². The molecule has 4 aromatic heterocycles. The predicted octanol–water partition coefficient (Wildman–Crippen LogP) is 15.4. The first-order valence-corrected chi connectivity index (χ1v) is 20.9. The maximum atomic E-state index is 16.9. The summed E-state index contributed by atoms with van der Waals surface area (Å²) in [5, 5.41) is 3.74. The molecule has 0 bridgehead atoms. The third-order valence-corrected chi connectivity index (χ3v) is 13.9. The minimum Gasteiger partial charge on any atom is -0.493 e. The summed E-state index contributed by atoms with van der Waals surface area (Å²) in [6, 6.07) is 14.6. The fourth-order valence-electron chi connectivity index (χ4n) is 7.00. The molecular formula is C45H44F6O3S3. The minimum atomic E-state index is -5.81. The molecule has 57 heavy (non-hydrogen) atoms. The maximum absolute atomic E-state index is 16.9. The Bertz CT molecular complexity index is 2530. The summed E-state index contributed by atoms with van der Waals surface area (Å²) in [5.74, 6) is -16.5. The number of allylic oxidation sites excluding steroid dienone is 2. The highest BCUT2D eigenvalue weighted by Crippen LogP contribution is 2.68. The zero-order valence-corrected chi connectivity index (χ0v) is 36.0. The summed E-state index contributed by atoms with van der Waals surface area (Å²) in [4.78, 5) is 1.90. The minimum absolute atomic E-state index is 0.0358. The number of rotatable bonds is 7. The van der Waals surface area contributed by atoms with E-state index in [4.69, 9.17) is 13.9 Å². The first kappa shape index (κ1) is 41.2. The molecule has 0 atom stereocenters. The highest BCUT2D eigenvalue weighted by atomic mass is 32.1. The van der Waals surface area contributed by atoms with Crippen LogP contribution in [0, 0.1) is 0 Å². The molecule has 0 saturated carbocycles. The van der Waals surface area contributed by atoms with Crippen LogP contribution in [0.2, 0.25) is 0 Å². The van der Waals surface area contributed by atoms with Crippen molar-refractivity contribution >= 4 is 56.1 Å². The predicted molar refractivity (Wildman–Crippen MR) is 223 cm³/mol. The van der Waals surface area contributed by atoms with Crippen molar-refractivity contribution in [3.63, 3.8) is 0 Å². The molecule has 2 aromatic carbocycles. The van der Waals surface area contributed by atoms with Crippen molar-refractivity contribution in [2.45, 2.75) is 96.3 Å². The number of methoxy groups -OCH3 is 2. The van der Waals surface area contributed by atoms with Gasteiger partial charge in [0.2, 0.25) is 0 Å². The van der Waals surface area contributed by atoms with E-state index in [-0.39, 0.29) is 60.5 Å². The third kappa shape index (κ3) is 6.63. The van der Waals surface area contributed by atoms with Crippen molar-refractivity contribution in [1.29, 1.82) is 0 Å². The fourth-order valence-corrected chi connectivity index (χ4v) is 10.7. The third-order valence-electron chi connectivity index (χ3n) is 10.5. The number of fused-ring (bicyclic) bond motifs is 1. The molecule has 1 aliphatic rings. The first-order chi connectivity index (χ1) is 26.3. The van der Waals surface area contributed by atoms with Gasteiger partial charge in [0.25, 0.3) is 0 Å². The van der Waals surface area contributed by atoms with E-state index in [1.54, 1.807) is 24.3 Å². The molecule has 7 rings (SSSR count). The van der Waals surface area contributed by atoms with Crippen molar-refractivity contribution in [3.8, 4) is 42.3 Å². The first-order valence-electron chi connectivity index (χ1n) is 18.3. The van der Waals surface area contributed by atoms with Gasteiger partial charge in [-0.25, -0.2) is 0 Å². The lowest BCUT2D eigenvalue weighted by Gasteiger charge is -2.26. The van der Waals surface area contributed by atoms with Gasteiger partial charge in [0.15, 0.2) is 11.5 Å². The molecule has 302 valence electrons. The average Bonchev–Trinajstić information content (AvgIpc) is 3.94. The number of hydrogen-bond donors (Lipinski definition) is 0. The number of alkyl halides is 6. The van der Waals surface area contributed by atoms with Gasteiger partial charge in [-0.15, -0.1) is 34.0 Å². The topological polar surface area (TPSA) is 31.6 Å². The number of thiophene rings is 3. The standard InChI is InChI=1S/C45H44F6O3S3/c1-40(2,3)24-14-12-23(13-15-24)38-35(27-18-30(52-10)31(53-11)20-29(27)54-38)37-36(43(46,47)45(50,51)44(37,48)49)28-19-33(32-16-25(21-55-32)41(4,5)6)57-39(28)34-17-26(22-56-34)42(7,8)9/h12-22H,1-11H3. The zero-order valence-electron chi connectivity index (χ0n) is 33.6. The van der Waals surface area contributed by atoms with E-state index in [0.29, 0.717) is 14.6 Å². The highest BCUT2D eigenvalue weighted by molar-refractivity contribution is 7.26. The Labute approximate surface area is 341 Å². The van der Waals surface area contributed by atoms with Gasteiger partial charge in [-0.05, 0) is 68.0 Å². The van der Waals surface area contributed by atoms with Crippen molar-refractivity contribution in [2.75, 3.05) is 14.2 Å². The molecule has 0 spiro atoms. The fraction of sp³-hybridized carbons (Fsp3) is 0.378. The lowest BCUT2D eigenvalue weighted by atomic mass is 9.86. The summed E-state index contributed by atoms with van der Waals surface area (Å²) in [7, 11) is 2.70. The molecule has 12 heteroatoms. The van der Waals surface area contributed by atoms with Gasteiger partial charge in [0.1, 0.15) is 11.3 Å². The monoisotopic (exact) mass is 842 g/mol. The molecule has 6 aromatic rings. The highest BCUT2D eigenvalue weighted by Gasteiger charge is 2.81. The molecule has 3 nitrogen and oxygen atoms in total. The van der Waals surface area contributed by atoms with Crippen LogP contribution in [0.25, 0.3) is 52.9 Å². The molecule has 0 radical (unpaired) electrons. The van der Waals surface area contributed by atoms with Crippen molar-refractivity contribution in [1.82, 2.24) is 0 Å². The van der Waals surface area contributed by atoms with Gasteiger partial charge >= 0.3 is 17.8 Å². The van der Waals surface area contributed by atoms with Gasteiger partial charge in [-0.1, -0.05) is 86.6 Å². The van der Waals surface area contributed by atoms with Crippen LogP contribution in [0.1, 0.15) is 90.1 Å². The molecule has 0 saturated heterocycles. The quantitative estimate of drug-likeness (QED) is 0.150. The van der Waals surface area contributed by atoms with Crippen LogP contribution in [0.15, 0.2) is 69.8 Å². The number of hydrogen-bond acceptors (Lipinski definition) is 6. The lowest BCUT2D eigenvalue weighted by Crippen LogP contribution is -2.48. The molecule has 0 aliphatic heterocycles.